The van der Waals surface area contributed by atoms with Gasteiger partial charge in [0.05, 0.1) is 20.1 Å². The average molecular weight is 448 g/mol. The average Bonchev–Trinajstić information content (AvgIpc) is 3.01. The Hall–Kier alpha value is -3.10. The zero-order valence-corrected chi connectivity index (χ0v) is 19.5. The predicted octanol–water partition coefficient (Wildman–Crippen LogP) is 2.35. The Labute approximate surface area is 189 Å². The molecule has 0 bridgehead atoms. The molecule has 1 fully saturated rings. The van der Waals surface area contributed by atoms with E-state index in [1.807, 2.05) is 26.8 Å². The van der Waals surface area contributed by atoms with Gasteiger partial charge in [0.25, 0.3) is 5.91 Å². The molecule has 1 aliphatic heterocycles. The first-order chi connectivity index (χ1) is 15.2. The number of hydrogen-bond acceptors (Lipinski definition) is 6. The lowest BCUT2D eigenvalue weighted by molar-refractivity contribution is -0.145. The molecule has 176 valence electrons. The van der Waals surface area contributed by atoms with Crippen LogP contribution in [0.1, 0.15) is 51.2 Å². The van der Waals surface area contributed by atoms with Gasteiger partial charge in [0.1, 0.15) is 17.8 Å². The van der Waals surface area contributed by atoms with Crippen molar-refractivity contribution in [3.8, 4) is 5.75 Å². The van der Waals surface area contributed by atoms with Gasteiger partial charge in [-0.05, 0) is 49.9 Å². The molecule has 0 aliphatic carbocycles. The third-order valence-corrected chi connectivity index (χ3v) is 5.62. The van der Waals surface area contributed by atoms with Gasteiger partial charge in [-0.15, -0.1) is 0 Å². The number of benzene rings is 1. The van der Waals surface area contributed by atoms with Crippen LogP contribution in [0, 0.1) is 6.92 Å². The van der Waals surface area contributed by atoms with E-state index < -0.39 is 29.4 Å². The summed E-state index contributed by atoms with van der Waals surface area (Å²) in [7, 11) is 1.57. The fourth-order valence-corrected chi connectivity index (χ4v) is 3.88. The van der Waals surface area contributed by atoms with Gasteiger partial charge in [0.15, 0.2) is 0 Å². The second-order valence-corrected chi connectivity index (χ2v) is 7.70. The maximum atomic E-state index is 13.4. The summed E-state index contributed by atoms with van der Waals surface area (Å²) >= 11 is 0. The Morgan fingerprint density at radius 3 is 2.44 bits per heavy atom. The van der Waals surface area contributed by atoms with E-state index in [-0.39, 0.29) is 26.1 Å². The van der Waals surface area contributed by atoms with Crippen molar-refractivity contribution in [2.45, 2.75) is 52.5 Å². The van der Waals surface area contributed by atoms with E-state index in [9.17, 15) is 19.2 Å². The molecular formula is C23H33N3O6. The SMILES string of the molecule is CCCN(CCC(=O)OCC)C(=O)CN1C(=O)NC(CC)(c2ccc(OC)c(C)c2)C1=O. The summed E-state index contributed by atoms with van der Waals surface area (Å²) in [4.78, 5) is 53.1. The summed E-state index contributed by atoms with van der Waals surface area (Å²) in [6.07, 6.45) is 1.07. The first kappa shape index (κ1) is 25.2. The van der Waals surface area contributed by atoms with E-state index >= 15 is 0 Å². The Morgan fingerprint density at radius 2 is 1.88 bits per heavy atom. The molecule has 2 rings (SSSR count). The van der Waals surface area contributed by atoms with Crippen molar-refractivity contribution in [2.24, 2.45) is 0 Å². The van der Waals surface area contributed by atoms with E-state index in [0.29, 0.717) is 30.7 Å². The first-order valence-electron chi connectivity index (χ1n) is 11.0. The number of nitrogens with one attached hydrogen (secondary N) is 1. The van der Waals surface area contributed by atoms with Crippen LogP contribution in [0.2, 0.25) is 0 Å². The van der Waals surface area contributed by atoms with Gasteiger partial charge in [0.2, 0.25) is 5.91 Å². The largest absolute Gasteiger partial charge is 0.496 e. The third kappa shape index (κ3) is 5.20. The lowest BCUT2D eigenvalue weighted by Gasteiger charge is -2.27. The van der Waals surface area contributed by atoms with Crippen LogP contribution in [-0.2, 0) is 24.7 Å². The smallest absolute Gasteiger partial charge is 0.325 e. The van der Waals surface area contributed by atoms with Crippen LogP contribution in [0.15, 0.2) is 18.2 Å². The van der Waals surface area contributed by atoms with Gasteiger partial charge in [0, 0.05) is 13.1 Å². The molecule has 1 aromatic carbocycles. The molecule has 0 saturated carbocycles. The van der Waals surface area contributed by atoms with Gasteiger partial charge in [-0.3, -0.25) is 19.3 Å². The lowest BCUT2D eigenvalue weighted by atomic mass is 9.86. The van der Waals surface area contributed by atoms with E-state index in [1.165, 1.54) is 4.90 Å². The number of amides is 4. The molecule has 9 nitrogen and oxygen atoms in total. The highest BCUT2D eigenvalue weighted by Gasteiger charge is 2.52. The molecule has 1 atom stereocenters. The second kappa shape index (κ2) is 11.0. The Bertz CT molecular complexity index is 871. The van der Waals surface area contributed by atoms with Crippen molar-refractivity contribution in [3.05, 3.63) is 29.3 Å². The van der Waals surface area contributed by atoms with Crippen molar-refractivity contribution in [3.63, 3.8) is 0 Å². The van der Waals surface area contributed by atoms with Crippen molar-refractivity contribution in [2.75, 3.05) is 33.4 Å². The number of aryl methyl sites for hydroxylation is 1. The minimum absolute atomic E-state index is 0.0593. The molecule has 0 aromatic heterocycles. The monoisotopic (exact) mass is 447 g/mol. The van der Waals surface area contributed by atoms with Crippen LogP contribution < -0.4 is 10.1 Å². The van der Waals surface area contributed by atoms with Gasteiger partial charge >= 0.3 is 12.0 Å². The molecule has 0 radical (unpaired) electrons. The quantitative estimate of drug-likeness (QED) is 0.412. The molecule has 0 spiro atoms. The number of esters is 1. The second-order valence-electron chi connectivity index (χ2n) is 7.70. The highest BCUT2D eigenvalue weighted by Crippen LogP contribution is 2.34. The summed E-state index contributed by atoms with van der Waals surface area (Å²) in [6.45, 7) is 7.77. The normalized spacial score (nSPS) is 17.8. The fourth-order valence-electron chi connectivity index (χ4n) is 3.88. The molecule has 1 heterocycles. The summed E-state index contributed by atoms with van der Waals surface area (Å²) in [5, 5.41) is 2.79. The fraction of sp³-hybridized carbons (Fsp3) is 0.565. The van der Waals surface area contributed by atoms with E-state index in [2.05, 4.69) is 5.32 Å². The highest BCUT2D eigenvalue weighted by molar-refractivity contribution is 6.09. The van der Waals surface area contributed by atoms with Crippen molar-refractivity contribution in [1.29, 1.82) is 0 Å². The molecule has 1 aliphatic rings. The van der Waals surface area contributed by atoms with Crippen LogP contribution >= 0.6 is 0 Å². The Balaban J connectivity index is 2.20. The van der Waals surface area contributed by atoms with Crippen LogP contribution in [0.4, 0.5) is 4.79 Å². The number of methoxy groups -OCH3 is 1. The number of urea groups is 1. The molecule has 1 saturated heterocycles. The number of carbonyl (C=O) groups is 4. The predicted molar refractivity (Wildman–Crippen MR) is 118 cm³/mol. The number of ether oxygens (including phenoxy) is 2. The standard InChI is InChI=1S/C23H33N3O6/c1-6-12-25(13-11-20(28)32-8-3)19(27)15-26-21(29)23(7-2,24-22(26)30)17-9-10-18(31-5)16(4)14-17/h9-10,14H,6-8,11-13,15H2,1-5H3,(H,24,30). The minimum atomic E-state index is -1.24. The van der Waals surface area contributed by atoms with Crippen molar-refractivity contribution in [1.82, 2.24) is 15.1 Å². The lowest BCUT2D eigenvalue weighted by Crippen LogP contribution is -2.46. The van der Waals surface area contributed by atoms with Crippen LogP contribution in [0.3, 0.4) is 0 Å². The molecule has 4 amide bonds. The van der Waals surface area contributed by atoms with Gasteiger partial charge < -0.3 is 19.7 Å². The van der Waals surface area contributed by atoms with Crippen molar-refractivity contribution < 1.29 is 28.7 Å². The van der Waals surface area contributed by atoms with Crippen LogP contribution in [0.5, 0.6) is 5.75 Å². The Kier molecular flexibility index (Phi) is 8.63. The summed E-state index contributed by atoms with van der Waals surface area (Å²) in [5.41, 5.74) is 0.233. The van der Waals surface area contributed by atoms with Gasteiger partial charge in [-0.25, -0.2) is 4.79 Å². The molecule has 9 heteroatoms. The van der Waals surface area contributed by atoms with E-state index in [0.717, 1.165) is 10.5 Å². The Morgan fingerprint density at radius 1 is 1.16 bits per heavy atom. The zero-order chi connectivity index (χ0) is 23.9. The molecule has 1 N–H and O–H groups in total. The first-order valence-corrected chi connectivity index (χ1v) is 11.0. The molecular weight excluding hydrogens is 414 g/mol. The number of carbonyl (C=O) groups excluding carboxylic acids is 4. The zero-order valence-electron chi connectivity index (χ0n) is 19.5. The molecule has 1 aromatic rings. The van der Waals surface area contributed by atoms with Crippen LogP contribution in [0.25, 0.3) is 0 Å². The van der Waals surface area contributed by atoms with Gasteiger partial charge in [-0.2, -0.15) is 0 Å². The summed E-state index contributed by atoms with van der Waals surface area (Å²) < 4.78 is 10.2. The number of nitrogens with zero attached hydrogens (tertiary/aromatic N) is 2. The molecule has 32 heavy (non-hydrogen) atoms. The topological polar surface area (TPSA) is 105 Å². The van der Waals surface area contributed by atoms with E-state index in [1.54, 1.807) is 26.2 Å². The minimum Gasteiger partial charge on any atom is -0.496 e. The van der Waals surface area contributed by atoms with Gasteiger partial charge in [-0.1, -0.05) is 19.9 Å². The number of imide groups is 1. The number of hydrogen-bond donors (Lipinski definition) is 1. The van der Waals surface area contributed by atoms with Crippen LogP contribution in [-0.4, -0.2) is 67.0 Å². The third-order valence-electron chi connectivity index (χ3n) is 5.62. The van der Waals surface area contributed by atoms with Crippen molar-refractivity contribution >= 4 is 23.8 Å². The van der Waals surface area contributed by atoms with E-state index in [4.69, 9.17) is 9.47 Å². The summed E-state index contributed by atoms with van der Waals surface area (Å²) in [5.74, 6) is -0.570. The summed E-state index contributed by atoms with van der Waals surface area (Å²) in [6, 6.07) is 4.71. The maximum Gasteiger partial charge on any atom is 0.325 e. The highest BCUT2D eigenvalue weighted by atomic mass is 16.5. The maximum absolute atomic E-state index is 13.4. The number of rotatable bonds is 11. The molecule has 1 unspecified atom stereocenters.